The van der Waals surface area contributed by atoms with E-state index in [2.05, 4.69) is 15.5 Å². The lowest BCUT2D eigenvalue weighted by molar-refractivity contribution is -0.123. The zero-order valence-corrected chi connectivity index (χ0v) is 13.5. The molecule has 5 heteroatoms. The normalized spacial score (nSPS) is 17.7. The molecule has 0 bridgehead atoms. The lowest BCUT2D eigenvalue weighted by atomic mass is 10.1. The van der Waals surface area contributed by atoms with Crippen LogP contribution in [0.3, 0.4) is 0 Å². The van der Waals surface area contributed by atoms with Gasteiger partial charge in [-0.15, -0.1) is 0 Å². The maximum Gasteiger partial charge on any atom is 0.234 e. The summed E-state index contributed by atoms with van der Waals surface area (Å²) in [7, 11) is 2.02. The molecule has 1 aliphatic heterocycles. The van der Waals surface area contributed by atoms with Crippen LogP contribution in [0.4, 0.5) is 0 Å². The number of halogens is 1. The molecule has 0 saturated carbocycles. The Morgan fingerprint density at radius 3 is 2.76 bits per heavy atom. The van der Waals surface area contributed by atoms with Gasteiger partial charge >= 0.3 is 0 Å². The molecule has 1 amide bonds. The van der Waals surface area contributed by atoms with Gasteiger partial charge in [0, 0.05) is 11.1 Å². The highest BCUT2D eigenvalue weighted by molar-refractivity contribution is 6.31. The lowest BCUT2D eigenvalue weighted by Gasteiger charge is -2.31. The monoisotopic (exact) mass is 309 g/mol. The predicted octanol–water partition coefficient (Wildman–Crippen LogP) is 2.20. The summed E-state index contributed by atoms with van der Waals surface area (Å²) in [6, 6.07) is 8.04. The lowest BCUT2D eigenvalue weighted by Crippen LogP contribution is -2.45. The van der Waals surface area contributed by atoms with Gasteiger partial charge in [-0.2, -0.15) is 0 Å². The van der Waals surface area contributed by atoms with Gasteiger partial charge in [0.05, 0.1) is 12.6 Å². The molecule has 1 saturated heterocycles. The second-order valence-electron chi connectivity index (χ2n) is 5.71. The Morgan fingerprint density at radius 1 is 1.43 bits per heavy atom. The van der Waals surface area contributed by atoms with Crippen molar-refractivity contribution in [3.8, 4) is 0 Å². The van der Waals surface area contributed by atoms with E-state index in [4.69, 9.17) is 11.6 Å². The van der Waals surface area contributed by atoms with Gasteiger partial charge < -0.3 is 10.6 Å². The zero-order chi connectivity index (χ0) is 15.2. The summed E-state index contributed by atoms with van der Waals surface area (Å²) < 4.78 is 0. The van der Waals surface area contributed by atoms with E-state index in [0.717, 1.165) is 31.5 Å². The van der Waals surface area contributed by atoms with Crippen molar-refractivity contribution in [2.75, 3.05) is 26.7 Å². The van der Waals surface area contributed by atoms with Gasteiger partial charge in [-0.1, -0.05) is 29.8 Å². The molecule has 2 N–H and O–H groups in total. The van der Waals surface area contributed by atoms with E-state index in [1.54, 1.807) is 0 Å². The minimum Gasteiger partial charge on any atom is -0.348 e. The SMILES string of the molecule is CC(NC(=O)CN(C)C1CCNCC1)c1ccccc1Cl. The van der Waals surface area contributed by atoms with Crippen molar-refractivity contribution in [2.45, 2.75) is 31.8 Å². The van der Waals surface area contributed by atoms with Gasteiger partial charge in [0.1, 0.15) is 0 Å². The third-order valence-corrected chi connectivity index (χ3v) is 4.42. The molecule has 0 radical (unpaired) electrons. The summed E-state index contributed by atoms with van der Waals surface area (Å²) in [5.41, 5.74) is 0.956. The second-order valence-corrected chi connectivity index (χ2v) is 6.11. The van der Waals surface area contributed by atoms with E-state index in [9.17, 15) is 4.79 Å². The molecule has 1 atom stereocenters. The highest BCUT2D eigenvalue weighted by Gasteiger charge is 2.20. The van der Waals surface area contributed by atoms with E-state index in [0.29, 0.717) is 17.6 Å². The van der Waals surface area contributed by atoms with Gasteiger partial charge in [0.2, 0.25) is 5.91 Å². The number of hydrogen-bond donors (Lipinski definition) is 2. The summed E-state index contributed by atoms with van der Waals surface area (Å²) in [4.78, 5) is 14.3. The first-order valence-corrected chi connectivity index (χ1v) is 7.90. The van der Waals surface area contributed by atoms with E-state index in [1.807, 2.05) is 38.2 Å². The summed E-state index contributed by atoms with van der Waals surface area (Å²) in [6.07, 6.45) is 2.20. The van der Waals surface area contributed by atoms with E-state index < -0.39 is 0 Å². The fraction of sp³-hybridized carbons (Fsp3) is 0.562. The standard InChI is InChI=1S/C16H24ClN3O/c1-12(14-5-3-4-6-15(14)17)19-16(21)11-20(2)13-7-9-18-10-8-13/h3-6,12-13,18H,7-11H2,1-2H3,(H,19,21). The molecule has 1 aromatic rings. The number of carbonyl (C=O) groups excluding carboxylic acids is 1. The first kappa shape index (κ1) is 16.3. The van der Waals surface area contributed by atoms with Gasteiger partial charge in [-0.3, -0.25) is 9.69 Å². The Morgan fingerprint density at radius 2 is 2.10 bits per heavy atom. The van der Waals surface area contributed by atoms with Crippen LogP contribution < -0.4 is 10.6 Å². The zero-order valence-electron chi connectivity index (χ0n) is 12.7. The van der Waals surface area contributed by atoms with Crippen molar-refractivity contribution in [1.82, 2.24) is 15.5 Å². The third kappa shape index (κ3) is 4.70. The van der Waals surface area contributed by atoms with Crippen LogP contribution in [-0.2, 0) is 4.79 Å². The molecule has 0 aromatic heterocycles. The summed E-state index contributed by atoms with van der Waals surface area (Å²) >= 11 is 6.16. The van der Waals surface area contributed by atoms with E-state index in [1.165, 1.54) is 0 Å². The summed E-state index contributed by atoms with van der Waals surface area (Å²) in [5.74, 6) is 0.0449. The molecule has 1 heterocycles. The molecule has 2 rings (SSSR count). The van der Waals surface area contributed by atoms with Crippen molar-refractivity contribution < 1.29 is 4.79 Å². The molecule has 21 heavy (non-hydrogen) atoms. The average molecular weight is 310 g/mol. The third-order valence-electron chi connectivity index (χ3n) is 4.07. The molecule has 1 unspecified atom stereocenters. The number of piperidine rings is 1. The van der Waals surface area contributed by atoms with Crippen molar-refractivity contribution >= 4 is 17.5 Å². The van der Waals surface area contributed by atoms with Gasteiger partial charge in [-0.25, -0.2) is 0 Å². The van der Waals surface area contributed by atoms with Crippen molar-refractivity contribution in [3.05, 3.63) is 34.9 Å². The Hall–Kier alpha value is -1.10. The fourth-order valence-electron chi connectivity index (χ4n) is 2.79. The van der Waals surface area contributed by atoms with Crippen LogP contribution in [0, 0.1) is 0 Å². The van der Waals surface area contributed by atoms with Crippen LogP contribution >= 0.6 is 11.6 Å². The second kappa shape index (κ2) is 7.78. The van der Waals surface area contributed by atoms with Gasteiger partial charge in [0.15, 0.2) is 0 Å². The number of carbonyl (C=O) groups is 1. The Balaban J connectivity index is 1.85. The molecule has 116 valence electrons. The van der Waals surface area contributed by atoms with Crippen LogP contribution in [0.15, 0.2) is 24.3 Å². The van der Waals surface area contributed by atoms with Gasteiger partial charge in [-0.05, 0) is 51.5 Å². The molecule has 1 aliphatic rings. The van der Waals surface area contributed by atoms with Crippen LogP contribution in [0.25, 0.3) is 0 Å². The molecular formula is C16H24ClN3O. The number of nitrogens with zero attached hydrogens (tertiary/aromatic N) is 1. The highest BCUT2D eigenvalue weighted by Crippen LogP contribution is 2.22. The first-order valence-electron chi connectivity index (χ1n) is 7.52. The Kier molecular flexibility index (Phi) is 6.03. The smallest absolute Gasteiger partial charge is 0.234 e. The van der Waals surface area contributed by atoms with Gasteiger partial charge in [0.25, 0.3) is 0 Å². The number of nitrogens with one attached hydrogen (secondary N) is 2. The average Bonchev–Trinajstić information content (AvgIpc) is 2.48. The molecule has 0 spiro atoms. The topological polar surface area (TPSA) is 44.4 Å². The predicted molar refractivity (Wildman–Crippen MR) is 86.5 cm³/mol. The summed E-state index contributed by atoms with van der Waals surface area (Å²) in [5, 5.41) is 7.06. The largest absolute Gasteiger partial charge is 0.348 e. The fourth-order valence-corrected chi connectivity index (χ4v) is 3.09. The van der Waals surface area contributed by atoms with Crippen molar-refractivity contribution in [2.24, 2.45) is 0 Å². The number of hydrogen-bond acceptors (Lipinski definition) is 3. The molecular weight excluding hydrogens is 286 g/mol. The number of rotatable bonds is 5. The minimum atomic E-state index is -0.0763. The Labute approximate surface area is 131 Å². The number of benzene rings is 1. The maximum atomic E-state index is 12.2. The molecule has 4 nitrogen and oxygen atoms in total. The molecule has 1 fully saturated rings. The van der Waals surface area contributed by atoms with E-state index in [-0.39, 0.29) is 11.9 Å². The summed E-state index contributed by atoms with van der Waals surface area (Å²) in [6.45, 7) is 4.46. The van der Waals surface area contributed by atoms with Crippen molar-refractivity contribution in [1.29, 1.82) is 0 Å². The van der Waals surface area contributed by atoms with Crippen LogP contribution in [0.2, 0.25) is 5.02 Å². The van der Waals surface area contributed by atoms with Crippen molar-refractivity contribution in [3.63, 3.8) is 0 Å². The van der Waals surface area contributed by atoms with Crippen LogP contribution in [0.5, 0.6) is 0 Å². The minimum absolute atomic E-state index is 0.0449. The quantitative estimate of drug-likeness (QED) is 0.876. The molecule has 1 aromatic carbocycles. The van der Waals surface area contributed by atoms with Crippen LogP contribution in [-0.4, -0.2) is 43.5 Å². The Bertz CT molecular complexity index is 474. The maximum absolute atomic E-state index is 12.2. The molecule has 0 aliphatic carbocycles. The number of likely N-dealkylation sites (N-methyl/N-ethyl adjacent to an activating group) is 1. The van der Waals surface area contributed by atoms with E-state index >= 15 is 0 Å². The number of amides is 1. The van der Waals surface area contributed by atoms with Crippen LogP contribution in [0.1, 0.15) is 31.4 Å². The first-order chi connectivity index (χ1) is 10.1. The highest BCUT2D eigenvalue weighted by atomic mass is 35.5.